The molecule has 1 N–H and O–H groups in total. The van der Waals surface area contributed by atoms with Crippen molar-refractivity contribution >= 4 is 22.7 Å². The van der Waals surface area contributed by atoms with E-state index >= 15 is 0 Å². The maximum Gasteiger partial charge on any atom is 0.0463 e. The third-order valence-corrected chi connectivity index (χ3v) is 4.13. The molecule has 0 aromatic heterocycles. The Balaban J connectivity index is 1.94. The van der Waals surface area contributed by atoms with Crippen molar-refractivity contribution in [1.29, 1.82) is 0 Å². The average molecular weight is 352 g/mol. The molecule has 0 spiro atoms. The molecule has 0 bridgehead atoms. The van der Waals surface area contributed by atoms with Crippen LogP contribution in [0.2, 0.25) is 0 Å². The monoisotopic (exact) mass is 352 g/mol. The highest BCUT2D eigenvalue weighted by molar-refractivity contribution is 5.72. The molecule has 0 radical (unpaired) electrons. The van der Waals surface area contributed by atoms with Crippen molar-refractivity contribution in [3.8, 4) is 0 Å². The molecule has 0 aliphatic rings. The van der Waals surface area contributed by atoms with Gasteiger partial charge in [-0.1, -0.05) is 55.1 Å². The van der Waals surface area contributed by atoms with Gasteiger partial charge in [0.1, 0.15) is 0 Å². The summed E-state index contributed by atoms with van der Waals surface area (Å²) in [5.74, 6) is 0. The minimum Gasteiger partial charge on any atom is -0.356 e. The first kappa shape index (κ1) is 18.3. The number of hydrogen-bond donors (Lipinski definition) is 1. The number of nitrogens with zero attached hydrogens (tertiary/aromatic N) is 1. The van der Waals surface area contributed by atoms with Crippen LogP contribution in [0.1, 0.15) is 6.92 Å². The second kappa shape index (κ2) is 9.25. The number of benzene rings is 3. The molecule has 0 saturated carbocycles. The first-order chi connectivity index (χ1) is 13.3. The average Bonchev–Trinajstić information content (AvgIpc) is 2.73. The van der Waals surface area contributed by atoms with Crippen molar-refractivity contribution < 1.29 is 0 Å². The number of hydrogen-bond acceptors (Lipinski definition) is 2. The molecule has 0 heterocycles. The van der Waals surface area contributed by atoms with Gasteiger partial charge >= 0.3 is 0 Å². The van der Waals surface area contributed by atoms with E-state index in [1.54, 1.807) is 0 Å². The topological polar surface area (TPSA) is 15.3 Å². The summed E-state index contributed by atoms with van der Waals surface area (Å²) in [6.07, 6.45) is 7.98. The lowest BCUT2D eigenvalue weighted by molar-refractivity contribution is 1.21. The van der Waals surface area contributed by atoms with Gasteiger partial charge in [0, 0.05) is 28.4 Å². The summed E-state index contributed by atoms with van der Waals surface area (Å²) in [7, 11) is 0. The van der Waals surface area contributed by atoms with Crippen LogP contribution in [0.15, 0.2) is 122 Å². The van der Waals surface area contributed by atoms with Gasteiger partial charge in [-0.2, -0.15) is 0 Å². The standard InChI is InChI=1S/C25H24N2/c1-3-5-14-23(4-2)27(24-15-10-7-11-16-24)25-19-17-22(18-20-25)26-21-12-8-6-9-13-21/h3-20,26H,2H2,1H3/b5-3-,23-14+. The highest BCUT2D eigenvalue weighted by Crippen LogP contribution is 2.31. The van der Waals surface area contributed by atoms with Gasteiger partial charge in [0.05, 0.1) is 0 Å². The Bertz CT molecular complexity index is 908. The summed E-state index contributed by atoms with van der Waals surface area (Å²) < 4.78 is 0. The van der Waals surface area contributed by atoms with Crippen LogP contribution in [0.4, 0.5) is 22.7 Å². The Morgan fingerprint density at radius 2 is 1.33 bits per heavy atom. The molecule has 2 heteroatoms. The fourth-order valence-corrected chi connectivity index (χ4v) is 2.83. The van der Waals surface area contributed by atoms with E-state index in [4.69, 9.17) is 0 Å². The third-order valence-electron chi connectivity index (χ3n) is 4.13. The molecular formula is C25H24N2. The predicted octanol–water partition coefficient (Wildman–Crippen LogP) is 7.21. The molecule has 0 amide bonds. The number of para-hydroxylation sites is 2. The normalized spacial score (nSPS) is 11.4. The first-order valence-corrected chi connectivity index (χ1v) is 9.04. The molecule has 2 nitrogen and oxygen atoms in total. The Morgan fingerprint density at radius 1 is 0.778 bits per heavy atom. The van der Waals surface area contributed by atoms with E-state index in [1.807, 2.05) is 61.5 Å². The first-order valence-electron chi connectivity index (χ1n) is 9.04. The van der Waals surface area contributed by atoms with Crippen LogP contribution >= 0.6 is 0 Å². The fourth-order valence-electron chi connectivity index (χ4n) is 2.83. The Morgan fingerprint density at radius 3 is 1.93 bits per heavy atom. The van der Waals surface area contributed by atoms with Crippen molar-refractivity contribution in [3.63, 3.8) is 0 Å². The van der Waals surface area contributed by atoms with Gasteiger partial charge in [0.15, 0.2) is 0 Å². The molecule has 0 saturated heterocycles. The number of rotatable bonds is 7. The van der Waals surface area contributed by atoms with Gasteiger partial charge < -0.3 is 10.2 Å². The second-order valence-corrected chi connectivity index (χ2v) is 6.03. The van der Waals surface area contributed by atoms with Gasteiger partial charge in [-0.25, -0.2) is 0 Å². The van der Waals surface area contributed by atoms with Crippen LogP contribution in [0.3, 0.4) is 0 Å². The summed E-state index contributed by atoms with van der Waals surface area (Å²) in [5, 5.41) is 3.42. The summed E-state index contributed by atoms with van der Waals surface area (Å²) in [6.45, 7) is 6.01. The lowest BCUT2D eigenvalue weighted by Crippen LogP contribution is -2.14. The van der Waals surface area contributed by atoms with Crippen molar-refractivity contribution in [3.05, 3.63) is 122 Å². The van der Waals surface area contributed by atoms with Gasteiger partial charge in [0.25, 0.3) is 0 Å². The lowest BCUT2D eigenvalue weighted by atomic mass is 10.2. The van der Waals surface area contributed by atoms with E-state index in [9.17, 15) is 0 Å². The van der Waals surface area contributed by atoms with Crippen LogP contribution in [-0.2, 0) is 0 Å². The summed E-state index contributed by atoms with van der Waals surface area (Å²) in [5.41, 5.74) is 5.32. The van der Waals surface area contributed by atoms with Gasteiger partial charge in [-0.15, -0.1) is 0 Å². The molecule has 27 heavy (non-hydrogen) atoms. The third kappa shape index (κ3) is 4.77. The zero-order chi connectivity index (χ0) is 18.9. The highest BCUT2D eigenvalue weighted by Gasteiger charge is 2.12. The van der Waals surface area contributed by atoms with Crippen LogP contribution < -0.4 is 10.2 Å². The summed E-state index contributed by atoms with van der Waals surface area (Å²) in [6, 6.07) is 28.9. The maximum atomic E-state index is 4.00. The molecule has 3 aromatic carbocycles. The predicted molar refractivity (Wildman–Crippen MR) is 118 cm³/mol. The van der Waals surface area contributed by atoms with Crippen LogP contribution in [-0.4, -0.2) is 0 Å². The minimum atomic E-state index is 1.02. The fraction of sp³-hybridized carbons (Fsp3) is 0.0400. The van der Waals surface area contributed by atoms with Crippen molar-refractivity contribution in [2.24, 2.45) is 0 Å². The zero-order valence-corrected chi connectivity index (χ0v) is 15.5. The SMILES string of the molecule is C=C/C(=C\C=C/C)N(c1ccccc1)c1ccc(Nc2ccccc2)cc1. The molecule has 134 valence electrons. The van der Waals surface area contributed by atoms with E-state index < -0.39 is 0 Å². The van der Waals surface area contributed by atoms with E-state index in [2.05, 4.69) is 71.4 Å². The number of anilines is 4. The van der Waals surface area contributed by atoms with Gasteiger partial charge in [-0.05, 0) is 67.6 Å². The van der Waals surface area contributed by atoms with Crippen molar-refractivity contribution in [2.75, 3.05) is 10.2 Å². The van der Waals surface area contributed by atoms with E-state index in [1.165, 1.54) is 0 Å². The molecule has 3 aromatic rings. The van der Waals surface area contributed by atoms with Gasteiger partial charge in [-0.3, -0.25) is 0 Å². The Kier molecular flexibility index (Phi) is 6.26. The molecule has 0 aliphatic carbocycles. The minimum absolute atomic E-state index is 1.02. The molecule has 0 aliphatic heterocycles. The van der Waals surface area contributed by atoms with Crippen LogP contribution in [0.5, 0.6) is 0 Å². The second-order valence-electron chi connectivity index (χ2n) is 6.03. The summed E-state index contributed by atoms with van der Waals surface area (Å²) in [4.78, 5) is 2.19. The summed E-state index contributed by atoms with van der Waals surface area (Å²) >= 11 is 0. The zero-order valence-electron chi connectivity index (χ0n) is 15.5. The molecule has 0 unspecified atom stereocenters. The Hall–Kier alpha value is -3.52. The number of allylic oxidation sites excluding steroid dienone is 4. The Labute approximate surface area is 161 Å². The van der Waals surface area contributed by atoms with Crippen molar-refractivity contribution in [1.82, 2.24) is 0 Å². The van der Waals surface area contributed by atoms with Crippen molar-refractivity contribution in [2.45, 2.75) is 6.92 Å². The van der Waals surface area contributed by atoms with E-state index in [-0.39, 0.29) is 0 Å². The largest absolute Gasteiger partial charge is 0.356 e. The maximum absolute atomic E-state index is 4.00. The molecular weight excluding hydrogens is 328 g/mol. The lowest BCUT2D eigenvalue weighted by Gasteiger charge is -2.26. The highest BCUT2D eigenvalue weighted by atomic mass is 15.1. The van der Waals surface area contributed by atoms with Crippen LogP contribution in [0.25, 0.3) is 0 Å². The van der Waals surface area contributed by atoms with Crippen LogP contribution in [0, 0.1) is 0 Å². The number of nitrogens with one attached hydrogen (secondary N) is 1. The quantitative estimate of drug-likeness (QED) is 0.452. The molecule has 0 atom stereocenters. The van der Waals surface area contributed by atoms with Gasteiger partial charge in [0.2, 0.25) is 0 Å². The van der Waals surface area contributed by atoms with E-state index in [0.717, 1.165) is 28.4 Å². The molecule has 0 fully saturated rings. The van der Waals surface area contributed by atoms with E-state index in [0.29, 0.717) is 0 Å². The smallest absolute Gasteiger partial charge is 0.0463 e. The molecule has 3 rings (SSSR count).